The van der Waals surface area contributed by atoms with Crippen molar-refractivity contribution in [2.75, 3.05) is 7.11 Å². The highest BCUT2D eigenvalue weighted by atomic mass is 16.5. The van der Waals surface area contributed by atoms with Crippen LogP contribution in [-0.2, 0) is 6.42 Å². The number of fused-ring (bicyclic) bond motifs is 1. The second kappa shape index (κ2) is 4.85. The molecule has 0 spiro atoms. The van der Waals surface area contributed by atoms with Crippen molar-refractivity contribution < 1.29 is 4.74 Å². The van der Waals surface area contributed by atoms with Gasteiger partial charge in [-0.3, -0.25) is 4.79 Å². The summed E-state index contributed by atoms with van der Waals surface area (Å²) in [6.45, 7) is 1.89. The zero-order chi connectivity index (χ0) is 14.1. The van der Waals surface area contributed by atoms with Crippen molar-refractivity contribution in [3.63, 3.8) is 0 Å². The lowest BCUT2D eigenvalue weighted by Crippen LogP contribution is -2.05. The number of ether oxygens (including phenoxy) is 1. The Morgan fingerprint density at radius 1 is 1.25 bits per heavy atom. The third-order valence-electron chi connectivity index (χ3n) is 3.39. The first-order valence-corrected chi connectivity index (χ1v) is 6.37. The Bertz CT molecular complexity index is 800. The fourth-order valence-corrected chi connectivity index (χ4v) is 2.40. The number of aryl methyl sites for hydroxylation is 1. The fraction of sp³-hybridized carbons (Fsp3) is 0.200. The third kappa shape index (κ3) is 2.07. The van der Waals surface area contributed by atoms with Gasteiger partial charge in [-0.25, -0.2) is 4.98 Å². The SMILES string of the molecule is COc1ccc(Cc2[nH]c(C)c3c(=O)[nH]cnc23)cc1. The average molecular weight is 269 g/mol. The maximum Gasteiger partial charge on any atom is 0.260 e. The summed E-state index contributed by atoms with van der Waals surface area (Å²) in [5.74, 6) is 0.829. The molecule has 0 aliphatic heterocycles. The Labute approximate surface area is 115 Å². The lowest BCUT2D eigenvalue weighted by molar-refractivity contribution is 0.414. The van der Waals surface area contributed by atoms with E-state index >= 15 is 0 Å². The molecule has 20 heavy (non-hydrogen) atoms. The molecule has 5 nitrogen and oxygen atoms in total. The van der Waals surface area contributed by atoms with E-state index in [1.54, 1.807) is 7.11 Å². The summed E-state index contributed by atoms with van der Waals surface area (Å²) in [7, 11) is 1.65. The standard InChI is InChI=1S/C15H15N3O2/c1-9-13-14(16-8-17-15(13)19)12(18-9)7-10-3-5-11(20-2)6-4-10/h3-6,8,18H,7H2,1-2H3,(H,16,17,19). The van der Waals surface area contributed by atoms with Gasteiger partial charge in [0.05, 0.1) is 24.3 Å². The number of nitrogens with zero attached hydrogens (tertiary/aromatic N) is 1. The smallest absolute Gasteiger partial charge is 0.260 e. The lowest BCUT2D eigenvalue weighted by Gasteiger charge is -2.02. The van der Waals surface area contributed by atoms with Gasteiger partial charge in [0.2, 0.25) is 0 Å². The monoisotopic (exact) mass is 269 g/mol. The molecule has 0 amide bonds. The van der Waals surface area contributed by atoms with E-state index in [1.807, 2.05) is 31.2 Å². The number of aromatic amines is 2. The Hall–Kier alpha value is -2.56. The molecule has 0 radical (unpaired) electrons. The van der Waals surface area contributed by atoms with E-state index in [0.29, 0.717) is 11.8 Å². The number of aromatic nitrogens is 3. The highest BCUT2D eigenvalue weighted by Gasteiger charge is 2.12. The topological polar surface area (TPSA) is 70.8 Å². The van der Waals surface area contributed by atoms with Gasteiger partial charge in [-0.1, -0.05) is 12.1 Å². The van der Waals surface area contributed by atoms with Crippen LogP contribution in [0.2, 0.25) is 0 Å². The minimum atomic E-state index is -0.107. The molecule has 0 unspecified atom stereocenters. The van der Waals surface area contributed by atoms with Crippen molar-refractivity contribution in [3.05, 3.63) is 57.9 Å². The zero-order valence-corrected chi connectivity index (χ0v) is 11.4. The van der Waals surface area contributed by atoms with Crippen LogP contribution in [0.5, 0.6) is 5.75 Å². The molecule has 0 bridgehead atoms. The molecular formula is C15H15N3O2. The molecule has 0 fully saturated rings. The minimum Gasteiger partial charge on any atom is -0.497 e. The van der Waals surface area contributed by atoms with Crippen LogP contribution in [-0.4, -0.2) is 22.1 Å². The van der Waals surface area contributed by atoms with Crippen molar-refractivity contribution in [3.8, 4) is 5.75 Å². The number of nitrogens with one attached hydrogen (secondary N) is 2. The van der Waals surface area contributed by atoms with E-state index in [0.717, 1.165) is 28.2 Å². The highest BCUT2D eigenvalue weighted by Crippen LogP contribution is 2.20. The van der Waals surface area contributed by atoms with Gasteiger partial charge in [0.25, 0.3) is 5.56 Å². The summed E-state index contributed by atoms with van der Waals surface area (Å²) in [6.07, 6.45) is 2.14. The molecule has 2 N–H and O–H groups in total. The Morgan fingerprint density at radius 3 is 2.70 bits per heavy atom. The van der Waals surface area contributed by atoms with E-state index in [-0.39, 0.29) is 5.56 Å². The van der Waals surface area contributed by atoms with Gasteiger partial charge in [0, 0.05) is 17.8 Å². The molecule has 0 saturated carbocycles. The van der Waals surface area contributed by atoms with E-state index in [9.17, 15) is 4.79 Å². The first kappa shape index (κ1) is 12.5. The maximum absolute atomic E-state index is 11.8. The Balaban J connectivity index is 2.02. The van der Waals surface area contributed by atoms with Gasteiger partial charge < -0.3 is 14.7 Å². The quantitative estimate of drug-likeness (QED) is 0.765. The second-order valence-corrected chi connectivity index (χ2v) is 4.71. The van der Waals surface area contributed by atoms with Crippen LogP contribution in [0, 0.1) is 6.92 Å². The Morgan fingerprint density at radius 2 is 2.00 bits per heavy atom. The first-order valence-electron chi connectivity index (χ1n) is 6.37. The molecule has 0 atom stereocenters. The predicted molar refractivity (Wildman–Crippen MR) is 77.3 cm³/mol. The molecular weight excluding hydrogens is 254 g/mol. The summed E-state index contributed by atoms with van der Waals surface area (Å²) in [5.41, 5.74) is 3.56. The molecule has 3 rings (SSSR count). The van der Waals surface area contributed by atoms with Crippen LogP contribution in [0.25, 0.3) is 10.9 Å². The van der Waals surface area contributed by atoms with Crippen LogP contribution in [0.15, 0.2) is 35.4 Å². The maximum atomic E-state index is 11.8. The Kier molecular flexibility index (Phi) is 3.02. The minimum absolute atomic E-state index is 0.107. The van der Waals surface area contributed by atoms with Crippen LogP contribution >= 0.6 is 0 Å². The molecule has 102 valence electrons. The van der Waals surface area contributed by atoms with E-state index in [4.69, 9.17) is 4.74 Å². The van der Waals surface area contributed by atoms with Crippen molar-refractivity contribution in [1.82, 2.24) is 15.0 Å². The summed E-state index contributed by atoms with van der Waals surface area (Å²) in [4.78, 5) is 22.0. The third-order valence-corrected chi connectivity index (χ3v) is 3.39. The van der Waals surface area contributed by atoms with E-state index in [1.165, 1.54) is 6.33 Å². The van der Waals surface area contributed by atoms with Gasteiger partial charge in [-0.15, -0.1) is 0 Å². The number of rotatable bonds is 3. The summed E-state index contributed by atoms with van der Waals surface area (Å²) >= 11 is 0. The van der Waals surface area contributed by atoms with Gasteiger partial charge in [0.15, 0.2) is 0 Å². The molecule has 1 aromatic carbocycles. The molecule has 2 aromatic heterocycles. The normalized spacial score (nSPS) is 10.9. The summed E-state index contributed by atoms with van der Waals surface area (Å²) in [6, 6.07) is 7.86. The van der Waals surface area contributed by atoms with E-state index in [2.05, 4.69) is 15.0 Å². The number of hydrogen-bond donors (Lipinski definition) is 2. The number of H-pyrrole nitrogens is 2. The van der Waals surface area contributed by atoms with Crippen molar-refractivity contribution in [2.45, 2.75) is 13.3 Å². The van der Waals surface area contributed by atoms with Gasteiger partial charge in [-0.05, 0) is 24.6 Å². The number of benzene rings is 1. The summed E-state index contributed by atoms with van der Waals surface area (Å²) < 4.78 is 5.14. The second-order valence-electron chi connectivity index (χ2n) is 4.71. The van der Waals surface area contributed by atoms with Crippen molar-refractivity contribution in [1.29, 1.82) is 0 Å². The first-order chi connectivity index (χ1) is 9.69. The van der Waals surface area contributed by atoms with Crippen LogP contribution in [0.3, 0.4) is 0 Å². The van der Waals surface area contributed by atoms with Crippen LogP contribution < -0.4 is 10.3 Å². The summed E-state index contributed by atoms with van der Waals surface area (Å²) in [5, 5.41) is 0.635. The van der Waals surface area contributed by atoms with E-state index < -0.39 is 0 Å². The van der Waals surface area contributed by atoms with Crippen LogP contribution in [0.4, 0.5) is 0 Å². The molecule has 0 aliphatic carbocycles. The molecule has 0 saturated heterocycles. The lowest BCUT2D eigenvalue weighted by atomic mass is 10.1. The van der Waals surface area contributed by atoms with Gasteiger partial charge in [-0.2, -0.15) is 0 Å². The predicted octanol–water partition coefficient (Wildman–Crippen LogP) is 2.16. The highest BCUT2D eigenvalue weighted by molar-refractivity contribution is 5.83. The average Bonchev–Trinajstić information content (AvgIpc) is 2.77. The molecule has 2 heterocycles. The molecule has 5 heteroatoms. The van der Waals surface area contributed by atoms with Crippen molar-refractivity contribution >= 4 is 10.9 Å². The fourth-order valence-electron chi connectivity index (χ4n) is 2.40. The van der Waals surface area contributed by atoms with Crippen molar-refractivity contribution in [2.24, 2.45) is 0 Å². The van der Waals surface area contributed by atoms with Gasteiger partial charge >= 0.3 is 0 Å². The molecule has 0 aliphatic rings. The molecule has 3 aromatic rings. The number of hydrogen-bond acceptors (Lipinski definition) is 3. The number of methoxy groups -OCH3 is 1. The zero-order valence-electron chi connectivity index (χ0n) is 11.4. The van der Waals surface area contributed by atoms with Gasteiger partial charge in [0.1, 0.15) is 5.75 Å². The largest absolute Gasteiger partial charge is 0.497 e. The van der Waals surface area contributed by atoms with Crippen LogP contribution in [0.1, 0.15) is 17.0 Å².